The number of allylic oxidation sites excluding steroid dienone is 1. The molecule has 0 fully saturated rings. The SMILES string of the molecule is C=CCn1c(C)csc1=Nc1cccc(C)c1C. The van der Waals surface area contributed by atoms with E-state index in [0.29, 0.717) is 0 Å². The van der Waals surface area contributed by atoms with E-state index < -0.39 is 0 Å². The second-order valence-electron chi connectivity index (χ2n) is 4.39. The monoisotopic (exact) mass is 258 g/mol. The molecule has 0 aliphatic carbocycles. The van der Waals surface area contributed by atoms with Gasteiger partial charge in [0.1, 0.15) is 0 Å². The summed E-state index contributed by atoms with van der Waals surface area (Å²) < 4.78 is 2.18. The number of aryl methyl sites for hydroxylation is 2. The van der Waals surface area contributed by atoms with Crippen LogP contribution in [0.4, 0.5) is 5.69 Å². The molecule has 0 radical (unpaired) electrons. The Morgan fingerprint density at radius 1 is 1.33 bits per heavy atom. The van der Waals surface area contributed by atoms with Crippen molar-refractivity contribution in [2.75, 3.05) is 0 Å². The summed E-state index contributed by atoms with van der Waals surface area (Å²) in [5, 5.41) is 2.13. The number of aromatic nitrogens is 1. The van der Waals surface area contributed by atoms with Crippen molar-refractivity contribution in [1.82, 2.24) is 4.57 Å². The summed E-state index contributed by atoms with van der Waals surface area (Å²) in [6, 6.07) is 6.24. The van der Waals surface area contributed by atoms with E-state index in [4.69, 9.17) is 4.99 Å². The van der Waals surface area contributed by atoms with Gasteiger partial charge in [0, 0.05) is 17.6 Å². The summed E-state index contributed by atoms with van der Waals surface area (Å²) in [5.74, 6) is 0. The Morgan fingerprint density at radius 2 is 2.11 bits per heavy atom. The molecule has 2 aromatic rings. The van der Waals surface area contributed by atoms with Crippen molar-refractivity contribution in [3.8, 4) is 0 Å². The summed E-state index contributed by atoms with van der Waals surface area (Å²) in [7, 11) is 0. The fourth-order valence-corrected chi connectivity index (χ4v) is 2.71. The minimum absolute atomic E-state index is 0.805. The third-order valence-corrected chi connectivity index (χ3v) is 4.08. The largest absolute Gasteiger partial charge is 0.317 e. The molecule has 0 spiro atoms. The first-order valence-electron chi connectivity index (χ1n) is 6.00. The normalized spacial score (nSPS) is 11.8. The molecule has 1 aromatic carbocycles. The molecule has 3 heteroatoms. The second-order valence-corrected chi connectivity index (χ2v) is 5.23. The molecular weight excluding hydrogens is 240 g/mol. The number of benzene rings is 1. The molecule has 1 aromatic heterocycles. The van der Waals surface area contributed by atoms with Crippen molar-refractivity contribution in [2.45, 2.75) is 27.3 Å². The Hall–Kier alpha value is -1.61. The van der Waals surface area contributed by atoms with Crippen molar-refractivity contribution in [3.05, 3.63) is 57.9 Å². The van der Waals surface area contributed by atoms with Crippen LogP contribution in [0.3, 0.4) is 0 Å². The van der Waals surface area contributed by atoms with Gasteiger partial charge in [-0.3, -0.25) is 0 Å². The van der Waals surface area contributed by atoms with E-state index in [0.717, 1.165) is 17.0 Å². The molecule has 2 nitrogen and oxygen atoms in total. The smallest absolute Gasteiger partial charge is 0.190 e. The van der Waals surface area contributed by atoms with Crippen LogP contribution in [0.15, 0.2) is 41.2 Å². The summed E-state index contributed by atoms with van der Waals surface area (Å²) >= 11 is 1.67. The van der Waals surface area contributed by atoms with Crippen LogP contribution in [0.5, 0.6) is 0 Å². The van der Waals surface area contributed by atoms with E-state index in [-0.39, 0.29) is 0 Å². The first-order chi connectivity index (χ1) is 8.63. The van der Waals surface area contributed by atoms with E-state index in [1.165, 1.54) is 16.8 Å². The predicted molar refractivity (Wildman–Crippen MR) is 78.4 cm³/mol. The third kappa shape index (κ3) is 2.46. The maximum atomic E-state index is 4.77. The van der Waals surface area contributed by atoms with Gasteiger partial charge in [-0.1, -0.05) is 18.2 Å². The van der Waals surface area contributed by atoms with Crippen LogP contribution in [-0.2, 0) is 6.54 Å². The van der Waals surface area contributed by atoms with E-state index >= 15 is 0 Å². The van der Waals surface area contributed by atoms with Gasteiger partial charge in [0.05, 0.1) is 5.69 Å². The molecule has 0 atom stereocenters. The van der Waals surface area contributed by atoms with Gasteiger partial charge in [-0.05, 0) is 38.0 Å². The lowest BCUT2D eigenvalue weighted by Gasteiger charge is -2.04. The standard InChI is InChI=1S/C15H18N2S/c1-5-9-17-12(3)10-18-15(17)16-14-8-6-7-11(2)13(14)4/h5-8,10H,1,9H2,2-4H3. The summed E-state index contributed by atoms with van der Waals surface area (Å²) in [5.41, 5.74) is 4.80. The first kappa shape index (κ1) is 12.8. The van der Waals surface area contributed by atoms with Gasteiger partial charge in [0.25, 0.3) is 0 Å². The topological polar surface area (TPSA) is 17.3 Å². The van der Waals surface area contributed by atoms with Crippen LogP contribution in [0, 0.1) is 20.8 Å². The van der Waals surface area contributed by atoms with Gasteiger partial charge >= 0.3 is 0 Å². The zero-order valence-corrected chi connectivity index (χ0v) is 11.9. The van der Waals surface area contributed by atoms with Gasteiger partial charge in [0.2, 0.25) is 0 Å². The molecule has 0 unspecified atom stereocenters. The van der Waals surface area contributed by atoms with Crippen LogP contribution < -0.4 is 4.80 Å². The summed E-state index contributed by atoms with van der Waals surface area (Å²) in [6.45, 7) is 10.9. The van der Waals surface area contributed by atoms with E-state index in [9.17, 15) is 0 Å². The maximum absolute atomic E-state index is 4.77. The Labute approximate surface area is 112 Å². The average molecular weight is 258 g/mol. The van der Waals surface area contributed by atoms with E-state index in [1.54, 1.807) is 11.3 Å². The second kappa shape index (κ2) is 5.36. The van der Waals surface area contributed by atoms with Gasteiger partial charge < -0.3 is 4.57 Å². The Bertz CT molecular complexity index is 632. The molecule has 0 amide bonds. The van der Waals surface area contributed by atoms with Crippen LogP contribution in [-0.4, -0.2) is 4.57 Å². The van der Waals surface area contributed by atoms with Crippen molar-refractivity contribution < 1.29 is 0 Å². The molecule has 2 rings (SSSR count). The average Bonchev–Trinajstić information content (AvgIpc) is 2.68. The van der Waals surface area contributed by atoms with Crippen LogP contribution >= 0.6 is 11.3 Å². The van der Waals surface area contributed by atoms with Crippen LogP contribution in [0.25, 0.3) is 0 Å². The number of thiazole rings is 1. The van der Waals surface area contributed by atoms with Gasteiger partial charge in [0.15, 0.2) is 4.80 Å². The molecule has 18 heavy (non-hydrogen) atoms. The molecule has 0 bridgehead atoms. The zero-order chi connectivity index (χ0) is 13.1. The molecule has 0 N–H and O–H groups in total. The summed E-state index contributed by atoms with van der Waals surface area (Å²) in [6.07, 6.45) is 1.90. The Morgan fingerprint density at radius 3 is 2.83 bits per heavy atom. The quantitative estimate of drug-likeness (QED) is 0.743. The highest BCUT2D eigenvalue weighted by Crippen LogP contribution is 2.20. The maximum Gasteiger partial charge on any atom is 0.190 e. The van der Waals surface area contributed by atoms with Gasteiger partial charge in [-0.25, -0.2) is 4.99 Å². The van der Waals surface area contributed by atoms with Crippen molar-refractivity contribution >= 4 is 17.0 Å². The minimum atomic E-state index is 0.805. The highest BCUT2D eigenvalue weighted by molar-refractivity contribution is 7.07. The Balaban J connectivity index is 2.57. The van der Waals surface area contributed by atoms with Crippen LogP contribution in [0.2, 0.25) is 0 Å². The van der Waals surface area contributed by atoms with Crippen molar-refractivity contribution in [1.29, 1.82) is 0 Å². The fraction of sp³-hybridized carbons (Fsp3) is 0.267. The molecule has 1 heterocycles. The number of nitrogens with zero attached hydrogens (tertiary/aromatic N) is 2. The first-order valence-corrected chi connectivity index (χ1v) is 6.88. The van der Waals surface area contributed by atoms with E-state index in [1.807, 2.05) is 6.08 Å². The lowest BCUT2D eigenvalue weighted by Crippen LogP contribution is -2.14. The fourth-order valence-electron chi connectivity index (χ4n) is 1.81. The number of hydrogen-bond acceptors (Lipinski definition) is 2. The molecule has 0 saturated carbocycles. The molecule has 0 aliphatic heterocycles. The highest BCUT2D eigenvalue weighted by atomic mass is 32.1. The van der Waals surface area contributed by atoms with Gasteiger partial charge in [-0.15, -0.1) is 17.9 Å². The van der Waals surface area contributed by atoms with Crippen LogP contribution in [0.1, 0.15) is 16.8 Å². The number of hydrogen-bond donors (Lipinski definition) is 0. The highest BCUT2D eigenvalue weighted by Gasteiger charge is 2.02. The molecule has 94 valence electrons. The Kier molecular flexibility index (Phi) is 3.82. The minimum Gasteiger partial charge on any atom is -0.317 e. The van der Waals surface area contributed by atoms with E-state index in [2.05, 4.69) is 55.5 Å². The molecular formula is C15H18N2S. The van der Waals surface area contributed by atoms with Gasteiger partial charge in [-0.2, -0.15) is 0 Å². The summed E-state index contributed by atoms with van der Waals surface area (Å²) in [4.78, 5) is 5.80. The lowest BCUT2D eigenvalue weighted by molar-refractivity contribution is 0.761. The predicted octanol–water partition coefficient (Wildman–Crippen LogP) is 3.89. The lowest BCUT2D eigenvalue weighted by atomic mass is 10.1. The zero-order valence-electron chi connectivity index (χ0n) is 11.1. The van der Waals surface area contributed by atoms with Crippen molar-refractivity contribution in [3.63, 3.8) is 0 Å². The molecule has 0 aliphatic rings. The number of rotatable bonds is 3. The molecule has 0 saturated heterocycles. The van der Waals surface area contributed by atoms with Crippen molar-refractivity contribution in [2.24, 2.45) is 4.99 Å². The third-order valence-electron chi connectivity index (χ3n) is 3.10.